The smallest absolute Gasteiger partial charge is 0.216 e. The number of nitrogens with one attached hydrogen (secondary N) is 1. The molecule has 0 fully saturated rings. The van der Waals surface area contributed by atoms with Gasteiger partial charge in [-0.25, -0.2) is 5.10 Å². The molecule has 0 amide bonds. The number of aromatic amines is 1. The average Bonchev–Trinajstić information content (AvgIpc) is 2.91. The van der Waals surface area contributed by atoms with Gasteiger partial charge in [0.15, 0.2) is 0 Å². The Morgan fingerprint density at radius 3 is 2.87 bits per heavy atom. The number of nitrogens with zero attached hydrogens (tertiary/aromatic N) is 4. The molecule has 2 aromatic heterocycles. The van der Waals surface area contributed by atoms with Crippen LogP contribution in [-0.2, 0) is 0 Å². The number of hydrogen-bond acceptors (Lipinski definition) is 5. The molecule has 0 unspecified atom stereocenters. The molecule has 3 rings (SSSR count). The summed E-state index contributed by atoms with van der Waals surface area (Å²) < 4.78 is 3.15. The summed E-state index contributed by atoms with van der Waals surface area (Å²) in [5.41, 5.74) is 1.16. The Labute approximate surface area is 153 Å². The summed E-state index contributed by atoms with van der Waals surface area (Å²) in [6.45, 7) is 0. The van der Waals surface area contributed by atoms with Crippen molar-refractivity contribution < 1.29 is 5.11 Å². The number of rotatable bonds is 3. The van der Waals surface area contributed by atoms with Crippen LogP contribution in [0.15, 0.2) is 50.6 Å². The molecule has 0 radical (unpaired) electrons. The van der Waals surface area contributed by atoms with Crippen molar-refractivity contribution in [3.63, 3.8) is 0 Å². The Hall–Kier alpha value is -1.84. The van der Waals surface area contributed by atoms with E-state index < -0.39 is 0 Å². The SMILES string of the molecule is Oc1c(Br)cc(Br)cc1/C=N\n1c(-c2ccccn2)n[nH]c1=S. The van der Waals surface area contributed by atoms with Crippen molar-refractivity contribution >= 4 is 50.3 Å². The Kier molecular flexibility index (Phi) is 4.69. The lowest BCUT2D eigenvalue weighted by molar-refractivity contribution is 0.471. The minimum atomic E-state index is 0.0892. The summed E-state index contributed by atoms with van der Waals surface area (Å²) in [5, 5.41) is 21.2. The van der Waals surface area contributed by atoms with Gasteiger partial charge in [0, 0.05) is 16.2 Å². The van der Waals surface area contributed by atoms with Crippen molar-refractivity contribution in [2.24, 2.45) is 5.10 Å². The van der Waals surface area contributed by atoms with Crippen LogP contribution in [0, 0.1) is 4.77 Å². The highest BCUT2D eigenvalue weighted by molar-refractivity contribution is 9.11. The van der Waals surface area contributed by atoms with E-state index in [1.54, 1.807) is 18.3 Å². The van der Waals surface area contributed by atoms with Gasteiger partial charge in [0.1, 0.15) is 11.4 Å². The largest absolute Gasteiger partial charge is 0.506 e. The third kappa shape index (κ3) is 3.41. The fraction of sp³-hybridized carbons (Fsp3) is 0. The van der Waals surface area contributed by atoms with Crippen molar-refractivity contribution in [2.45, 2.75) is 0 Å². The molecular formula is C14H9Br2N5OS. The van der Waals surface area contributed by atoms with E-state index >= 15 is 0 Å². The summed E-state index contributed by atoms with van der Waals surface area (Å²) in [7, 11) is 0. The number of benzene rings is 1. The zero-order chi connectivity index (χ0) is 16.4. The van der Waals surface area contributed by atoms with E-state index in [-0.39, 0.29) is 5.75 Å². The first-order valence-corrected chi connectivity index (χ1v) is 8.37. The van der Waals surface area contributed by atoms with E-state index in [1.807, 2.05) is 18.2 Å². The van der Waals surface area contributed by atoms with E-state index in [9.17, 15) is 5.11 Å². The fourth-order valence-corrected chi connectivity index (χ4v) is 3.30. The lowest BCUT2D eigenvalue weighted by atomic mass is 10.2. The summed E-state index contributed by atoms with van der Waals surface area (Å²) in [6.07, 6.45) is 3.17. The molecule has 0 saturated carbocycles. The topological polar surface area (TPSA) is 79.1 Å². The van der Waals surface area contributed by atoms with E-state index in [0.717, 1.165) is 4.47 Å². The molecule has 0 aliphatic rings. The van der Waals surface area contributed by atoms with Gasteiger partial charge in [0.25, 0.3) is 0 Å². The van der Waals surface area contributed by atoms with Crippen molar-refractivity contribution in [1.29, 1.82) is 0 Å². The fourth-order valence-electron chi connectivity index (χ4n) is 1.86. The molecular weight excluding hydrogens is 446 g/mol. The maximum Gasteiger partial charge on any atom is 0.216 e. The third-order valence-corrected chi connectivity index (χ3v) is 4.24. The van der Waals surface area contributed by atoms with E-state index in [2.05, 4.69) is 52.1 Å². The zero-order valence-electron chi connectivity index (χ0n) is 11.4. The van der Waals surface area contributed by atoms with Gasteiger partial charge >= 0.3 is 0 Å². The van der Waals surface area contributed by atoms with Gasteiger partial charge in [-0.2, -0.15) is 14.9 Å². The van der Waals surface area contributed by atoms with Gasteiger partial charge in [-0.3, -0.25) is 4.98 Å². The molecule has 0 saturated heterocycles. The Morgan fingerprint density at radius 1 is 1.30 bits per heavy atom. The molecule has 2 N–H and O–H groups in total. The predicted molar refractivity (Wildman–Crippen MR) is 97.1 cm³/mol. The molecule has 0 aliphatic carbocycles. The second-order valence-electron chi connectivity index (χ2n) is 4.45. The minimum absolute atomic E-state index is 0.0892. The molecule has 0 atom stereocenters. The number of phenolic OH excluding ortho intramolecular Hbond substituents is 1. The van der Waals surface area contributed by atoms with Crippen LogP contribution < -0.4 is 0 Å². The van der Waals surface area contributed by atoms with E-state index in [0.29, 0.717) is 26.3 Å². The molecule has 0 bridgehead atoms. The molecule has 23 heavy (non-hydrogen) atoms. The number of aromatic hydroxyl groups is 1. The Morgan fingerprint density at radius 2 is 2.13 bits per heavy atom. The number of hydrogen-bond donors (Lipinski definition) is 2. The quantitative estimate of drug-likeness (QED) is 0.461. The van der Waals surface area contributed by atoms with Gasteiger partial charge in [-0.15, -0.1) is 0 Å². The highest BCUT2D eigenvalue weighted by Gasteiger charge is 2.10. The number of halogens is 2. The Balaban J connectivity index is 2.05. The van der Waals surface area contributed by atoms with Crippen molar-refractivity contribution in [3.8, 4) is 17.3 Å². The number of pyridine rings is 1. The predicted octanol–water partition coefficient (Wildman–Crippen LogP) is 4.12. The molecule has 0 spiro atoms. The third-order valence-electron chi connectivity index (χ3n) is 2.91. The first-order valence-electron chi connectivity index (χ1n) is 6.37. The zero-order valence-corrected chi connectivity index (χ0v) is 15.4. The maximum absolute atomic E-state index is 10.1. The van der Waals surface area contributed by atoms with Crippen molar-refractivity contribution in [3.05, 3.63) is 55.8 Å². The van der Waals surface area contributed by atoms with Crippen molar-refractivity contribution in [1.82, 2.24) is 19.9 Å². The Bertz CT molecular complexity index is 936. The molecule has 9 heteroatoms. The molecule has 0 aliphatic heterocycles. The van der Waals surface area contributed by atoms with Crippen LogP contribution in [0.1, 0.15) is 5.56 Å². The summed E-state index contributed by atoms with van der Waals surface area (Å²) in [6, 6.07) is 8.97. The normalized spacial score (nSPS) is 11.2. The number of H-pyrrole nitrogens is 1. The number of aromatic nitrogens is 4. The van der Waals surface area contributed by atoms with Crippen LogP contribution in [0.3, 0.4) is 0 Å². The van der Waals surface area contributed by atoms with Crippen LogP contribution in [0.25, 0.3) is 11.5 Å². The van der Waals surface area contributed by atoms with Crippen LogP contribution in [-0.4, -0.2) is 31.2 Å². The van der Waals surface area contributed by atoms with E-state index in [1.165, 1.54) is 10.9 Å². The summed E-state index contributed by atoms with van der Waals surface area (Å²) >= 11 is 11.9. The van der Waals surface area contributed by atoms with Gasteiger partial charge in [-0.05, 0) is 52.4 Å². The minimum Gasteiger partial charge on any atom is -0.506 e. The van der Waals surface area contributed by atoms with Gasteiger partial charge in [-0.1, -0.05) is 22.0 Å². The lowest BCUT2D eigenvalue weighted by Crippen LogP contribution is -1.96. The van der Waals surface area contributed by atoms with Gasteiger partial charge < -0.3 is 5.11 Å². The van der Waals surface area contributed by atoms with Crippen molar-refractivity contribution in [2.75, 3.05) is 0 Å². The van der Waals surface area contributed by atoms with Crippen LogP contribution in [0.5, 0.6) is 5.75 Å². The monoisotopic (exact) mass is 453 g/mol. The summed E-state index contributed by atoms with van der Waals surface area (Å²) in [5.74, 6) is 0.576. The molecule has 1 aromatic carbocycles. The maximum atomic E-state index is 10.1. The van der Waals surface area contributed by atoms with Gasteiger partial charge in [0.2, 0.25) is 10.6 Å². The second-order valence-corrected chi connectivity index (χ2v) is 6.61. The second kappa shape index (κ2) is 6.73. The lowest BCUT2D eigenvalue weighted by Gasteiger charge is -2.03. The van der Waals surface area contributed by atoms with Gasteiger partial charge in [0.05, 0.1) is 10.7 Å². The first-order chi connectivity index (χ1) is 11.1. The first kappa shape index (κ1) is 16.0. The molecule has 6 nitrogen and oxygen atoms in total. The molecule has 116 valence electrons. The molecule has 2 heterocycles. The summed E-state index contributed by atoms with van der Waals surface area (Å²) in [4.78, 5) is 4.24. The van der Waals surface area contributed by atoms with Crippen LogP contribution in [0.2, 0.25) is 0 Å². The number of phenols is 1. The average molecular weight is 455 g/mol. The van der Waals surface area contributed by atoms with E-state index in [4.69, 9.17) is 12.2 Å². The van der Waals surface area contributed by atoms with Crippen LogP contribution in [0.4, 0.5) is 0 Å². The highest BCUT2D eigenvalue weighted by Crippen LogP contribution is 2.30. The standard InChI is InChI=1S/C14H9Br2N5OS/c15-9-5-8(12(22)10(16)6-9)7-18-21-13(19-20-14(21)23)11-3-1-2-4-17-11/h1-7,22H,(H,20,23)/b18-7-. The highest BCUT2D eigenvalue weighted by atomic mass is 79.9. The molecule has 3 aromatic rings. The van der Waals surface area contributed by atoms with Crippen LogP contribution >= 0.6 is 44.1 Å².